The highest BCUT2D eigenvalue weighted by atomic mass is 16.1. The van der Waals surface area contributed by atoms with E-state index in [1.54, 1.807) is 41.4 Å². The van der Waals surface area contributed by atoms with Crippen molar-refractivity contribution >= 4 is 22.6 Å². The first-order valence-electron chi connectivity index (χ1n) is 9.79. The van der Waals surface area contributed by atoms with Crippen LogP contribution in [-0.2, 0) is 6.54 Å². The molecule has 4 rings (SSSR count). The third-order valence-electron chi connectivity index (χ3n) is 5.21. The first-order chi connectivity index (χ1) is 14.5. The van der Waals surface area contributed by atoms with Crippen LogP contribution in [0.5, 0.6) is 0 Å². The minimum atomic E-state index is -0.416. The van der Waals surface area contributed by atoms with Crippen molar-refractivity contribution in [2.24, 2.45) is 0 Å². The molecule has 0 fully saturated rings. The van der Waals surface area contributed by atoms with Crippen molar-refractivity contribution in [3.63, 3.8) is 0 Å². The molecule has 0 saturated carbocycles. The van der Waals surface area contributed by atoms with Crippen LogP contribution in [-0.4, -0.2) is 24.8 Å². The first-order valence-corrected chi connectivity index (χ1v) is 9.79. The van der Waals surface area contributed by atoms with Crippen LogP contribution in [0.1, 0.15) is 42.2 Å². The van der Waals surface area contributed by atoms with Crippen molar-refractivity contribution in [3.8, 4) is 0 Å². The third kappa shape index (κ3) is 3.36. The third-order valence-corrected chi connectivity index (χ3v) is 5.21. The fourth-order valence-corrected chi connectivity index (χ4v) is 3.41. The van der Waals surface area contributed by atoms with E-state index in [0.717, 1.165) is 12.0 Å². The summed E-state index contributed by atoms with van der Waals surface area (Å²) in [5, 5.41) is 11.8. The first kappa shape index (κ1) is 19.5. The molecular formula is C22H22N6O2. The summed E-state index contributed by atoms with van der Waals surface area (Å²) >= 11 is 0. The smallest absolute Gasteiger partial charge is 0.267 e. The van der Waals surface area contributed by atoms with E-state index < -0.39 is 5.91 Å². The van der Waals surface area contributed by atoms with Gasteiger partial charge in [0.15, 0.2) is 0 Å². The highest BCUT2D eigenvalue weighted by molar-refractivity contribution is 5.96. The van der Waals surface area contributed by atoms with E-state index in [0.29, 0.717) is 16.7 Å². The van der Waals surface area contributed by atoms with E-state index in [1.165, 1.54) is 10.5 Å². The monoisotopic (exact) mass is 402 g/mol. The Hall–Kier alpha value is -3.81. The second-order valence-electron chi connectivity index (χ2n) is 7.16. The quantitative estimate of drug-likeness (QED) is 0.500. The predicted molar refractivity (Wildman–Crippen MR) is 113 cm³/mol. The molecule has 4 aromatic rings. The number of carbonyl (C=O) groups excluding carboxylic acids is 1. The molecule has 152 valence electrons. The minimum Gasteiger partial charge on any atom is -0.348 e. The van der Waals surface area contributed by atoms with Crippen molar-refractivity contribution in [3.05, 3.63) is 82.0 Å². The van der Waals surface area contributed by atoms with Crippen molar-refractivity contribution in [1.82, 2.24) is 24.3 Å². The molecule has 0 bridgehead atoms. The van der Waals surface area contributed by atoms with Crippen LogP contribution in [0, 0.1) is 5.41 Å². The van der Waals surface area contributed by atoms with Crippen molar-refractivity contribution in [2.75, 3.05) is 0 Å². The topological polar surface area (TPSA) is 105 Å². The Balaban J connectivity index is 1.89. The number of aromatic nitrogens is 4. The molecule has 0 aliphatic heterocycles. The van der Waals surface area contributed by atoms with Gasteiger partial charge in [0.1, 0.15) is 16.8 Å². The number of hydrogen-bond donors (Lipinski definition) is 2. The molecule has 0 aliphatic rings. The van der Waals surface area contributed by atoms with Crippen molar-refractivity contribution < 1.29 is 4.79 Å². The molecule has 0 saturated heterocycles. The highest BCUT2D eigenvalue weighted by Gasteiger charge is 2.19. The summed E-state index contributed by atoms with van der Waals surface area (Å²) in [6.45, 7) is 4.22. The van der Waals surface area contributed by atoms with E-state index >= 15 is 0 Å². The average Bonchev–Trinajstić information content (AvgIpc) is 2.77. The van der Waals surface area contributed by atoms with E-state index in [-0.39, 0.29) is 29.2 Å². The molecular weight excluding hydrogens is 380 g/mol. The van der Waals surface area contributed by atoms with Gasteiger partial charge in [0.05, 0.1) is 10.9 Å². The maximum absolute atomic E-state index is 13.1. The van der Waals surface area contributed by atoms with Gasteiger partial charge in [-0.1, -0.05) is 19.1 Å². The molecule has 1 amide bonds. The van der Waals surface area contributed by atoms with Gasteiger partial charge in [-0.2, -0.15) is 0 Å². The number of nitrogens with one attached hydrogen (secondary N) is 2. The molecule has 0 aromatic carbocycles. The number of carbonyl (C=O) groups is 1. The van der Waals surface area contributed by atoms with Crippen LogP contribution >= 0.6 is 0 Å². The fraction of sp³-hybridized carbons (Fsp3) is 0.227. The average molecular weight is 402 g/mol. The lowest BCUT2D eigenvalue weighted by atomic mass is 10.1. The van der Waals surface area contributed by atoms with Gasteiger partial charge in [0.2, 0.25) is 0 Å². The predicted octanol–water partition coefficient (Wildman–Crippen LogP) is 2.42. The lowest BCUT2D eigenvalue weighted by Gasteiger charge is -2.19. The van der Waals surface area contributed by atoms with Gasteiger partial charge in [-0.25, -0.2) is 4.98 Å². The summed E-state index contributed by atoms with van der Waals surface area (Å²) in [6, 6.07) is 10.3. The van der Waals surface area contributed by atoms with E-state index in [9.17, 15) is 9.59 Å². The van der Waals surface area contributed by atoms with Crippen LogP contribution in [0.25, 0.3) is 16.7 Å². The zero-order chi connectivity index (χ0) is 21.3. The molecule has 0 spiro atoms. The van der Waals surface area contributed by atoms with Crippen LogP contribution in [0.2, 0.25) is 0 Å². The SMILES string of the molecule is CC[C@H](C)n1c(=N)c(C(=O)NCc2cccnc2)cc2c(=O)n3ccccc3nc21. The zero-order valence-electron chi connectivity index (χ0n) is 16.8. The molecule has 2 N–H and O–H groups in total. The normalized spacial score (nSPS) is 12.2. The van der Waals surface area contributed by atoms with Gasteiger partial charge in [0, 0.05) is 31.2 Å². The van der Waals surface area contributed by atoms with Crippen molar-refractivity contribution in [2.45, 2.75) is 32.9 Å². The Morgan fingerprint density at radius 1 is 1.27 bits per heavy atom. The van der Waals surface area contributed by atoms with Gasteiger partial charge in [-0.05, 0) is 43.2 Å². The molecule has 0 aliphatic carbocycles. The van der Waals surface area contributed by atoms with Gasteiger partial charge in [0.25, 0.3) is 11.5 Å². The van der Waals surface area contributed by atoms with Crippen LogP contribution in [0.3, 0.4) is 0 Å². The van der Waals surface area contributed by atoms with Crippen LogP contribution in [0.15, 0.2) is 59.8 Å². The summed E-state index contributed by atoms with van der Waals surface area (Å²) < 4.78 is 3.12. The Bertz CT molecular complexity index is 1360. The number of hydrogen-bond acceptors (Lipinski definition) is 5. The zero-order valence-corrected chi connectivity index (χ0v) is 16.8. The molecule has 0 unspecified atom stereocenters. The van der Waals surface area contributed by atoms with E-state index in [1.807, 2.05) is 26.0 Å². The summed E-state index contributed by atoms with van der Waals surface area (Å²) in [7, 11) is 0. The second-order valence-corrected chi connectivity index (χ2v) is 7.16. The lowest BCUT2D eigenvalue weighted by Crippen LogP contribution is -2.35. The number of amides is 1. The summed E-state index contributed by atoms with van der Waals surface area (Å²) in [6.07, 6.45) is 5.71. The Kier molecular flexibility index (Phi) is 5.14. The van der Waals surface area contributed by atoms with Gasteiger partial charge in [-0.3, -0.25) is 24.4 Å². The molecule has 1 atom stereocenters. The molecule has 8 heteroatoms. The summed E-state index contributed by atoms with van der Waals surface area (Å²) in [5.74, 6) is -0.416. The van der Waals surface area contributed by atoms with Gasteiger partial charge >= 0.3 is 0 Å². The number of fused-ring (bicyclic) bond motifs is 2. The maximum Gasteiger partial charge on any atom is 0.267 e. The number of nitrogens with zero attached hydrogens (tertiary/aromatic N) is 4. The van der Waals surface area contributed by atoms with Crippen molar-refractivity contribution in [1.29, 1.82) is 5.41 Å². The maximum atomic E-state index is 13.1. The minimum absolute atomic E-state index is 0.0349. The van der Waals surface area contributed by atoms with Crippen LogP contribution in [0.4, 0.5) is 0 Å². The lowest BCUT2D eigenvalue weighted by molar-refractivity contribution is 0.0948. The summed E-state index contributed by atoms with van der Waals surface area (Å²) in [4.78, 5) is 34.7. The number of pyridine rings is 3. The van der Waals surface area contributed by atoms with E-state index in [2.05, 4.69) is 15.3 Å². The Labute approximate surface area is 172 Å². The van der Waals surface area contributed by atoms with Gasteiger partial charge in [-0.15, -0.1) is 0 Å². The standard InChI is InChI=1S/C22H22N6O2/c1-3-14(2)28-19(23)16(21(29)25-13-15-7-6-9-24-12-15)11-17-20(28)26-18-8-4-5-10-27(18)22(17)30/h4-12,14,23H,3,13H2,1-2H3,(H,25,29)/t14-/m0/s1. The number of rotatable bonds is 5. The molecule has 0 radical (unpaired) electrons. The van der Waals surface area contributed by atoms with Crippen LogP contribution < -0.4 is 16.4 Å². The Morgan fingerprint density at radius 2 is 2.10 bits per heavy atom. The summed E-state index contributed by atoms with van der Waals surface area (Å²) in [5.41, 5.74) is 1.67. The van der Waals surface area contributed by atoms with E-state index in [4.69, 9.17) is 5.41 Å². The molecule has 4 aromatic heterocycles. The second kappa shape index (κ2) is 7.90. The molecule has 30 heavy (non-hydrogen) atoms. The molecule has 4 heterocycles. The highest BCUT2D eigenvalue weighted by Crippen LogP contribution is 2.16. The van der Waals surface area contributed by atoms with Gasteiger partial charge < -0.3 is 9.88 Å². The fourth-order valence-electron chi connectivity index (χ4n) is 3.41. The Morgan fingerprint density at radius 3 is 2.83 bits per heavy atom. The molecule has 8 nitrogen and oxygen atoms in total. The largest absolute Gasteiger partial charge is 0.348 e.